The number of rotatable bonds is 4. The number of nitrogens with zero attached hydrogens (tertiary/aromatic N) is 1. The summed E-state index contributed by atoms with van der Waals surface area (Å²) in [6, 6.07) is 5.23. The number of nitrogen functional groups attached to an aromatic ring is 1. The molecule has 1 aliphatic rings. The maximum atomic E-state index is 12.8. The summed E-state index contributed by atoms with van der Waals surface area (Å²) in [6.07, 6.45) is 4.17. The number of anilines is 1. The molecule has 0 aromatic heterocycles. The number of aryl methyl sites for hydroxylation is 1. The van der Waals surface area contributed by atoms with Gasteiger partial charge in [0.05, 0.1) is 4.90 Å². The van der Waals surface area contributed by atoms with Crippen LogP contribution in [0.1, 0.15) is 38.2 Å². The highest BCUT2D eigenvalue weighted by Gasteiger charge is 2.32. The fraction of sp³-hybridized carbons (Fsp3) is 0.571. The zero-order chi connectivity index (χ0) is 14.0. The van der Waals surface area contributed by atoms with E-state index >= 15 is 0 Å². The van der Waals surface area contributed by atoms with Crippen molar-refractivity contribution in [1.29, 1.82) is 0 Å². The van der Waals surface area contributed by atoms with Crippen LogP contribution < -0.4 is 5.73 Å². The molecule has 1 aromatic carbocycles. The Hall–Kier alpha value is -1.07. The summed E-state index contributed by atoms with van der Waals surface area (Å²) in [5, 5.41) is 0. The van der Waals surface area contributed by atoms with Crippen LogP contribution in [0, 0.1) is 6.92 Å². The van der Waals surface area contributed by atoms with E-state index in [1.54, 1.807) is 22.5 Å². The molecule has 2 N–H and O–H groups in total. The molecule has 0 radical (unpaired) electrons. The average Bonchev–Trinajstić information content (AvgIpc) is 2.86. The van der Waals surface area contributed by atoms with Gasteiger partial charge in [-0.2, -0.15) is 4.31 Å². The highest BCUT2D eigenvalue weighted by Crippen LogP contribution is 2.30. The molecule has 0 spiro atoms. The molecule has 4 nitrogen and oxygen atoms in total. The summed E-state index contributed by atoms with van der Waals surface area (Å²) in [6.45, 7) is 4.23. The molecule has 2 rings (SSSR count). The smallest absolute Gasteiger partial charge is 0.243 e. The van der Waals surface area contributed by atoms with Gasteiger partial charge in [0.25, 0.3) is 0 Å². The Morgan fingerprint density at radius 1 is 1.32 bits per heavy atom. The normalized spacial score (nSPS) is 17.2. The van der Waals surface area contributed by atoms with Crippen molar-refractivity contribution in [3.63, 3.8) is 0 Å². The molecule has 5 heteroatoms. The number of hydrogen-bond acceptors (Lipinski definition) is 3. The lowest BCUT2D eigenvalue weighted by Gasteiger charge is -2.27. The van der Waals surface area contributed by atoms with Crippen LogP contribution in [0.25, 0.3) is 0 Å². The van der Waals surface area contributed by atoms with Crippen LogP contribution in [0.5, 0.6) is 0 Å². The first kappa shape index (κ1) is 14.3. The van der Waals surface area contributed by atoms with Gasteiger partial charge in [-0.15, -0.1) is 0 Å². The van der Waals surface area contributed by atoms with E-state index in [4.69, 9.17) is 5.73 Å². The van der Waals surface area contributed by atoms with Gasteiger partial charge in [0, 0.05) is 18.3 Å². The molecule has 106 valence electrons. The minimum atomic E-state index is -3.43. The molecule has 0 heterocycles. The quantitative estimate of drug-likeness (QED) is 0.863. The third kappa shape index (κ3) is 2.77. The summed E-state index contributed by atoms with van der Waals surface area (Å²) < 4.78 is 27.2. The summed E-state index contributed by atoms with van der Waals surface area (Å²) in [4.78, 5) is 0.348. The Morgan fingerprint density at radius 2 is 1.95 bits per heavy atom. The summed E-state index contributed by atoms with van der Waals surface area (Å²) >= 11 is 0. The van der Waals surface area contributed by atoms with Crippen molar-refractivity contribution in [3.05, 3.63) is 23.8 Å². The second-order valence-electron chi connectivity index (χ2n) is 5.17. The van der Waals surface area contributed by atoms with Crippen molar-refractivity contribution < 1.29 is 8.42 Å². The van der Waals surface area contributed by atoms with E-state index in [0.29, 0.717) is 17.1 Å². The standard InChI is InChI=1S/C14H22N2O2S/c1-3-16(13-6-4-5-7-13)19(17,18)14-10-12(15)9-8-11(14)2/h8-10,13H,3-7,15H2,1-2H3. The van der Waals surface area contributed by atoms with Gasteiger partial charge in [-0.25, -0.2) is 8.42 Å². The van der Waals surface area contributed by atoms with E-state index in [2.05, 4.69) is 0 Å². The van der Waals surface area contributed by atoms with Crippen molar-refractivity contribution >= 4 is 15.7 Å². The number of hydrogen-bond donors (Lipinski definition) is 1. The summed E-state index contributed by atoms with van der Waals surface area (Å²) in [7, 11) is -3.43. The zero-order valence-electron chi connectivity index (χ0n) is 11.6. The van der Waals surface area contributed by atoms with Crippen molar-refractivity contribution in [2.24, 2.45) is 0 Å². The van der Waals surface area contributed by atoms with E-state index < -0.39 is 10.0 Å². The minimum absolute atomic E-state index is 0.149. The lowest BCUT2D eigenvalue weighted by atomic mass is 10.2. The SMILES string of the molecule is CCN(C1CCCC1)S(=O)(=O)c1cc(N)ccc1C. The van der Waals surface area contributed by atoms with Crippen LogP contribution in [0.4, 0.5) is 5.69 Å². The maximum absolute atomic E-state index is 12.8. The third-order valence-corrected chi connectivity index (χ3v) is 6.01. The second-order valence-corrected chi connectivity index (χ2v) is 7.03. The monoisotopic (exact) mass is 282 g/mol. The number of benzene rings is 1. The fourth-order valence-electron chi connectivity index (χ4n) is 2.84. The van der Waals surface area contributed by atoms with E-state index in [0.717, 1.165) is 31.2 Å². The largest absolute Gasteiger partial charge is 0.399 e. The highest BCUT2D eigenvalue weighted by atomic mass is 32.2. The summed E-state index contributed by atoms with van der Waals surface area (Å²) in [5.41, 5.74) is 6.98. The molecular weight excluding hydrogens is 260 g/mol. The second kappa shape index (κ2) is 5.51. The molecule has 1 saturated carbocycles. The van der Waals surface area contributed by atoms with Gasteiger partial charge in [0.2, 0.25) is 10.0 Å². The molecule has 1 aliphatic carbocycles. The molecule has 0 bridgehead atoms. The van der Waals surface area contributed by atoms with Gasteiger partial charge in [0.15, 0.2) is 0 Å². The Bertz CT molecular complexity index is 549. The van der Waals surface area contributed by atoms with Gasteiger partial charge in [-0.1, -0.05) is 25.8 Å². The molecule has 0 aliphatic heterocycles. The topological polar surface area (TPSA) is 63.4 Å². The van der Waals surface area contributed by atoms with E-state index in [1.807, 2.05) is 13.8 Å². The summed E-state index contributed by atoms with van der Waals surface area (Å²) in [5.74, 6) is 0. The van der Waals surface area contributed by atoms with E-state index in [-0.39, 0.29) is 6.04 Å². The van der Waals surface area contributed by atoms with Gasteiger partial charge >= 0.3 is 0 Å². The molecule has 1 aromatic rings. The molecule has 0 atom stereocenters. The first-order valence-corrected chi connectivity index (χ1v) is 8.28. The maximum Gasteiger partial charge on any atom is 0.243 e. The van der Waals surface area contributed by atoms with Crippen molar-refractivity contribution in [2.75, 3.05) is 12.3 Å². The van der Waals surface area contributed by atoms with Crippen molar-refractivity contribution in [3.8, 4) is 0 Å². The predicted molar refractivity (Wildman–Crippen MR) is 77.4 cm³/mol. The lowest BCUT2D eigenvalue weighted by molar-refractivity contribution is 0.335. The minimum Gasteiger partial charge on any atom is -0.399 e. The molecule has 19 heavy (non-hydrogen) atoms. The molecule has 1 fully saturated rings. The number of sulfonamides is 1. The molecule has 0 saturated heterocycles. The van der Waals surface area contributed by atoms with Crippen LogP contribution in [0.3, 0.4) is 0 Å². The van der Waals surface area contributed by atoms with Gasteiger partial charge < -0.3 is 5.73 Å². The first-order chi connectivity index (χ1) is 8.96. The van der Waals surface area contributed by atoms with Crippen LogP contribution >= 0.6 is 0 Å². The third-order valence-electron chi connectivity index (χ3n) is 3.84. The van der Waals surface area contributed by atoms with Crippen molar-refractivity contribution in [1.82, 2.24) is 4.31 Å². The van der Waals surface area contributed by atoms with Crippen LogP contribution in [-0.4, -0.2) is 25.3 Å². The van der Waals surface area contributed by atoms with Gasteiger partial charge in [-0.3, -0.25) is 0 Å². The molecule has 0 unspecified atom stereocenters. The van der Waals surface area contributed by atoms with Gasteiger partial charge in [-0.05, 0) is 37.5 Å². The van der Waals surface area contributed by atoms with Crippen LogP contribution in [0.15, 0.2) is 23.1 Å². The number of nitrogens with two attached hydrogens (primary N) is 1. The van der Waals surface area contributed by atoms with Crippen LogP contribution in [0.2, 0.25) is 0 Å². The Kier molecular flexibility index (Phi) is 4.16. The lowest BCUT2D eigenvalue weighted by Crippen LogP contribution is -2.38. The Labute approximate surface area is 115 Å². The fourth-order valence-corrected chi connectivity index (χ4v) is 4.79. The first-order valence-electron chi connectivity index (χ1n) is 6.84. The molecule has 0 amide bonds. The van der Waals surface area contributed by atoms with E-state index in [9.17, 15) is 8.42 Å². The highest BCUT2D eigenvalue weighted by molar-refractivity contribution is 7.89. The zero-order valence-corrected chi connectivity index (χ0v) is 12.4. The Morgan fingerprint density at radius 3 is 2.53 bits per heavy atom. The van der Waals surface area contributed by atoms with Crippen LogP contribution in [-0.2, 0) is 10.0 Å². The molecular formula is C14H22N2O2S. The average molecular weight is 282 g/mol. The Balaban J connectivity index is 2.42. The van der Waals surface area contributed by atoms with Crippen molar-refractivity contribution in [2.45, 2.75) is 50.5 Å². The van der Waals surface area contributed by atoms with E-state index in [1.165, 1.54) is 0 Å². The van der Waals surface area contributed by atoms with Gasteiger partial charge in [0.1, 0.15) is 0 Å². The predicted octanol–water partition coefficient (Wildman–Crippen LogP) is 2.53.